The van der Waals surface area contributed by atoms with E-state index >= 15 is 0 Å². The van der Waals surface area contributed by atoms with E-state index in [9.17, 15) is 13.9 Å². The van der Waals surface area contributed by atoms with Crippen LogP contribution in [0.2, 0.25) is 0 Å². The minimum Gasteiger partial charge on any atom is -0.388 e. The number of aliphatic hydroxyl groups is 1. The molecule has 0 spiro atoms. The van der Waals surface area contributed by atoms with E-state index in [0.29, 0.717) is 17.7 Å². The van der Waals surface area contributed by atoms with Crippen molar-refractivity contribution in [2.24, 2.45) is 0 Å². The van der Waals surface area contributed by atoms with Gasteiger partial charge in [0.15, 0.2) is 0 Å². The van der Waals surface area contributed by atoms with Crippen molar-refractivity contribution in [2.75, 3.05) is 0 Å². The average Bonchev–Trinajstić information content (AvgIpc) is 2.75. The predicted molar refractivity (Wildman–Crippen MR) is 62.9 cm³/mol. The molecule has 1 atom stereocenters. The fourth-order valence-electron chi connectivity index (χ4n) is 1.79. The average molecular weight is 252 g/mol. The molecule has 0 aliphatic carbocycles. The summed E-state index contributed by atoms with van der Waals surface area (Å²) >= 11 is 0. The lowest BCUT2D eigenvalue weighted by atomic mass is 10.0. The van der Waals surface area contributed by atoms with Crippen LogP contribution in [-0.2, 0) is 13.0 Å². The molecule has 1 unspecified atom stereocenters. The van der Waals surface area contributed by atoms with E-state index < -0.39 is 17.7 Å². The zero-order chi connectivity index (χ0) is 13.1. The van der Waals surface area contributed by atoms with Crippen molar-refractivity contribution in [2.45, 2.75) is 26.0 Å². The third-order valence-corrected chi connectivity index (χ3v) is 2.71. The highest BCUT2D eigenvalue weighted by Gasteiger charge is 2.12. The van der Waals surface area contributed by atoms with Gasteiger partial charge in [-0.15, -0.1) is 0 Å². The Kier molecular flexibility index (Phi) is 3.72. The van der Waals surface area contributed by atoms with Gasteiger partial charge in [0.05, 0.1) is 12.3 Å². The summed E-state index contributed by atoms with van der Waals surface area (Å²) < 4.78 is 27.7. The number of rotatable bonds is 4. The van der Waals surface area contributed by atoms with Crippen molar-refractivity contribution in [3.05, 3.63) is 53.4 Å². The van der Waals surface area contributed by atoms with Gasteiger partial charge in [-0.3, -0.25) is 4.68 Å². The maximum atomic E-state index is 13.0. The molecular weight excluding hydrogens is 238 g/mol. The summed E-state index contributed by atoms with van der Waals surface area (Å²) in [4.78, 5) is 0. The fourth-order valence-corrected chi connectivity index (χ4v) is 1.79. The molecule has 1 aromatic heterocycles. The van der Waals surface area contributed by atoms with Gasteiger partial charge in [-0.2, -0.15) is 5.10 Å². The van der Waals surface area contributed by atoms with Crippen molar-refractivity contribution < 1.29 is 13.9 Å². The molecule has 5 heteroatoms. The highest BCUT2D eigenvalue weighted by atomic mass is 19.1. The van der Waals surface area contributed by atoms with Gasteiger partial charge in [0.25, 0.3) is 0 Å². The molecule has 0 amide bonds. The number of hydrogen-bond acceptors (Lipinski definition) is 2. The third kappa shape index (κ3) is 2.92. The number of aliphatic hydroxyl groups excluding tert-OH is 1. The van der Waals surface area contributed by atoms with Crippen molar-refractivity contribution in [3.8, 4) is 0 Å². The summed E-state index contributed by atoms with van der Waals surface area (Å²) in [6.45, 7) is 2.65. The van der Waals surface area contributed by atoms with Crippen LogP contribution in [0.1, 0.15) is 24.2 Å². The summed E-state index contributed by atoms with van der Waals surface area (Å²) in [6, 6.07) is 3.25. The smallest absolute Gasteiger partial charge is 0.126 e. The highest BCUT2D eigenvalue weighted by molar-refractivity contribution is 5.21. The van der Waals surface area contributed by atoms with Crippen molar-refractivity contribution in [3.63, 3.8) is 0 Å². The zero-order valence-corrected chi connectivity index (χ0v) is 9.98. The standard InChI is InChI=1S/C13H14F2N2O/c1-2-17-8-10(7-16-17)13(18)5-9-3-11(14)6-12(15)4-9/h3-4,6-8,13,18H,2,5H2,1H3. The number of halogens is 2. The zero-order valence-electron chi connectivity index (χ0n) is 9.98. The Morgan fingerprint density at radius 1 is 1.28 bits per heavy atom. The summed E-state index contributed by atoms with van der Waals surface area (Å²) in [5, 5.41) is 14.0. The second kappa shape index (κ2) is 5.27. The topological polar surface area (TPSA) is 38.0 Å². The van der Waals surface area contributed by atoms with Crippen molar-refractivity contribution >= 4 is 0 Å². The summed E-state index contributed by atoms with van der Waals surface area (Å²) in [5.74, 6) is -1.28. The summed E-state index contributed by atoms with van der Waals surface area (Å²) in [7, 11) is 0. The molecular formula is C13H14F2N2O. The minimum absolute atomic E-state index is 0.157. The minimum atomic E-state index is -0.813. The van der Waals surface area contributed by atoms with Gasteiger partial charge < -0.3 is 5.11 Å². The first-order valence-electron chi connectivity index (χ1n) is 5.74. The Balaban J connectivity index is 2.12. The van der Waals surface area contributed by atoms with Crippen LogP contribution >= 0.6 is 0 Å². The van der Waals surface area contributed by atoms with Gasteiger partial charge in [0.1, 0.15) is 11.6 Å². The molecule has 0 aliphatic rings. The van der Waals surface area contributed by atoms with Gasteiger partial charge in [-0.25, -0.2) is 8.78 Å². The molecule has 2 aromatic rings. The molecule has 0 saturated heterocycles. The maximum absolute atomic E-state index is 13.0. The first-order valence-corrected chi connectivity index (χ1v) is 5.74. The molecule has 1 aromatic carbocycles. The molecule has 0 radical (unpaired) electrons. The van der Waals surface area contributed by atoms with Crippen LogP contribution in [0.3, 0.4) is 0 Å². The number of hydrogen-bond donors (Lipinski definition) is 1. The third-order valence-electron chi connectivity index (χ3n) is 2.71. The fraction of sp³-hybridized carbons (Fsp3) is 0.308. The van der Waals surface area contributed by atoms with Gasteiger partial charge in [0.2, 0.25) is 0 Å². The Hall–Kier alpha value is -1.75. The molecule has 0 fully saturated rings. The molecule has 1 heterocycles. The first-order chi connectivity index (χ1) is 8.58. The van der Waals surface area contributed by atoms with Crippen LogP contribution in [0.15, 0.2) is 30.6 Å². The quantitative estimate of drug-likeness (QED) is 0.907. The maximum Gasteiger partial charge on any atom is 0.126 e. The number of benzene rings is 1. The van der Waals surface area contributed by atoms with E-state index in [4.69, 9.17) is 0 Å². The van der Waals surface area contributed by atoms with E-state index in [1.54, 1.807) is 17.1 Å². The summed E-state index contributed by atoms with van der Waals surface area (Å²) in [6.07, 6.45) is 2.63. The lowest BCUT2D eigenvalue weighted by Crippen LogP contribution is -2.02. The highest BCUT2D eigenvalue weighted by Crippen LogP contribution is 2.19. The lowest BCUT2D eigenvalue weighted by molar-refractivity contribution is 0.178. The van der Waals surface area contributed by atoms with E-state index in [1.165, 1.54) is 12.1 Å². The normalized spacial score (nSPS) is 12.7. The Morgan fingerprint density at radius 2 is 1.94 bits per heavy atom. The monoisotopic (exact) mass is 252 g/mol. The molecule has 3 nitrogen and oxygen atoms in total. The van der Waals surface area contributed by atoms with Crippen LogP contribution in [0, 0.1) is 11.6 Å². The van der Waals surface area contributed by atoms with E-state index in [-0.39, 0.29) is 6.42 Å². The van der Waals surface area contributed by atoms with Crippen LogP contribution in [0.25, 0.3) is 0 Å². The van der Waals surface area contributed by atoms with Crippen LogP contribution in [0.4, 0.5) is 8.78 Å². The van der Waals surface area contributed by atoms with E-state index in [0.717, 1.165) is 6.07 Å². The summed E-state index contributed by atoms with van der Waals surface area (Å²) in [5.41, 5.74) is 1.06. The molecule has 0 aliphatic heterocycles. The molecule has 1 N–H and O–H groups in total. The largest absolute Gasteiger partial charge is 0.388 e. The van der Waals surface area contributed by atoms with E-state index in [2.05, 4.69) is 5.10 Å². The van der Waals surface area contributed by atoms with Crippen molar-refractivity contribution in [1.82, 2.24) is 9.78 Å². The molecule has 2 rings (SSSR count). The van der Waals surface area contributed by atoms with E-state index in [1.807, 2.05) is 6.92 Å². The number of aryl methyl sites for hydroxylation is 1. The van der Waals surface area contributed by atoms with Gasteiger partial charge >= 0.3 is 0 Å². The second-order valence-electron chi connectivity index (χ2n) is 4.13. The van der Waals surface area contributed by atoms with Gasteiger partial charge in [-0.05, 0) is 24.6 Å². The Bertz CT molecular complexity index is 519. The second-order valence-corrected chi connectivity index (χ2v) is 4.13. The molecule has 18 heavy (non-hydrogen) atoms. The number of aromatic nitrogens is 2. The number of nitrogens with zero attached hydrogens (tertiary/aromatic N) is 2. The Labute approximate surface area is 104 Å². The van der Waals surface area contributed by atoms with Crippen LogP contribution < -0.4 is 0 Å². The molecule has 0 bridgehead atoms. The van der Waals surface area contributed by atoms with Crippen LogP contribution in [0.5, 0.6) is 0 Å². The first kappa shape index (κ1) is 12.7. The molecule has 96 valence electrons. The van der Waals surface area contributed by atoms with Crippen molar-refractivity contribution in [1.29, 1.82) is 0 Å². The SMILES string of the molecule is CCn1cc(C(O)Cc2cc(F)cc(F)c2)cn1. The predicted octanol–water partition coefficient (Wildman–Crippen LogP) is 2.46. The van der Waals surface area contributed by atoms with Gasteiger partial charge in [0, 0.05) is 30.8 Å². The lowest BCUT2D eigenvalue weighted by Gasteiger charge is -2.08. The van der Waals surface area contributed by atoms with Gasteiger partial charge in [-0.1, -0.05) is 0 Å². The van der Waals surface area contributed by atoms with Crippen LogP contribution in [-0.4, -0.2) is 14.9 Å². The Morgan fingerprint density at radius 3 is 2.50 bits per heavy atom. The molecule has 0 saturated carbocycles.